The second-order valence-electron chi connectivity index (χ2n) is 4.93. The highest BCUT2D eigenvalue weighted by Gasteiger charge is 2.18. The first kappa shape index (κ1) is 16.6. The molecule has 2 aromatic rings. The maximum Gasteiger partial charge on any atom is 0.326 e. The molecule has 0 saturated carbocycles. The Morgan fingerprint density at radius 2 is 1.95 bits per heavy atom. The van der Waals surface area contributed by atoms with Gasteiger partial charge >= 0.3 is 5.97 Å². The van der Waals surface area contributed by atoms with Gasteiger partial charge in [-0.2, -0.15) is 0 Å². The Morgan fingerprint density at radius 1 is 1.27 bits per heavy atom. The van der Waals surface area contributed by atoms with Crippen LogP contribution in [-0.4, -0.2) is 17.1 Å². The second-order valence-corrected chi connectivity index (χ2v) is 6.28. The summed E-state index contributed by atoms with van der Waals surface area (Å²) >= 11 is 9.30. The second kappa shape index (κ2) is 7.51. The molecule has 0 aliphatic heterocycles. The summed E-state index contributed by atoms with van der Waals surface area (Å²) in [6.07, 6.45) is 1.10. The van der Waals surface area contributed by atoms with Crippen LogP contribution in [0.25, 0.3) is 0 Å². The molecule has 0 saturated heterocycles. The molecule has 22 heavy (non-hydrogen) atoms. The van der Waals surface area contributed by atoms with Crippen molar-refractivity contribution in [2.75, 3.05) is 11.1 Å². The number of rotatable bonds is 6. The monoisotopic (exact) mass is 382 g/mol. The van der Waals surface area contributed by atoms with Crippen LogP contribution in [0, 0.1) is 0 Å². The first-order valence-corrected chi connectivity index (χ1v) is 7.91. The predicted octanol–water partition coefficient (Wildman–Crippen LogP) is 4.18. The highest BCUT2D eigenvalue weighted by Crippen LogP contribution is 2.24. The van der Waals surface area contributed by atoms with E-state index >= 15 is 0 Å². The molecular formula is C16H16BrClN2O2. The quantitative estimate of drug-likeness (QED) is 0.654. The Bertz CT molecular complexity index is 662. The number of nitrogen functional groups attached to an aromatic ring is 1. The van der Waals surface area contributed by atoms with Gasteiger partial charge < -0.3 is 16.2 Å². The highest BCUT2D eigenvalue weighted by molar-refractivity contribution is 9.10. The molecule has 0 heterocycles. The molecule has 0 bridgehead atoms. The third-order valence-electron chi connectivity index (χ3n) is 3.28. The van der Waals surface area contributed by atoms with E-state index in [1.165, 1.54) is 0 Å². The van der Waals surface area contributed by atoms with Gasteiger partial charge in [-0.1, -0.05) is 39.7 Å². The lowest BCUT2D eigenvalue weighted by atomic mass is 10.0. The molecule has 0 amide bonds. The summed E-state index contributed by atoms with van der Waals surface area (Å²) in [4.78, 5) is 11.4. The number of halogens is 2. The molecule has 0 fully saturated rings. The molecule has 0 radical (unpaired) electrons. The largest absolute Gasteiger partial charge is 0.480 e. The number of benzene rings is 2. The average Bonchev–Trinajstić information content (AvgIpc) is 2.48. The number of carboxylic acids is 1. The van der Waals surface area contributed by atoms with Crippen molar-refractivity contribution in [3.8, 4) is 0 Å². The molecular weight excluding hydrogens is 368 g/mol. The van der Waals surface area contributed by atoms with Crippen molar-refractivity contribution in [2.45, 2.75) is 18.9 Å². The van der Waals surface area contributed by atoms with E-state index in [1.807, 2.05) is 24.3 Å². The Morgan fingerprint density at radius 3 is 2.59 bits per heavy atom. The summed E-state index contributed by atoms with van der Waals surface area (Å²) in [6.45, 7) is 0. The van der Waals surface area contributed by atoms with E-state index in [9.17, 15) is 9.90 Å². The number of hydrogen-bond acceptors (Lipinski definition) is 3. The van der Waals surface area contributed by atoms with Crippen LogP contribution in [0.4, 0.5) is 11.4 Å². The van der Waals surface area contributed by atoms with Crippen LogP contribution in [0.15, 0.2) is 46.9 Å². The van der Waals surface area contributed by atoms with Gasteiger partial charge in [0.25, 0.3) is 0 Å². The molecule has 0 aromatic heterocycles. The first-order chi connectivity index (χ1) is 10.5. The van der Waals surface area contributed by atoms with Crippen molar-refractivity contribution in [1.82, 2.24) is 0 Å². The fourth-order valence-corrected chi connectivity index (χ4v) is 2.50. The maximum atomic E-state index is 11.4. The fraction of sp³-hybridized carbons (Fsp3) is 0.188. The Balaban J connectivity index is 2.05. The van der Waals surface area contributed by atoms with Crippen molar-refractivity contribution in [1.29, 1.82) is 0 Å². The van der Waals surface area contributed by atoms with Crippen LogP contribution in [-0.2, 0) is 11.2 Å². The predicted molar refractivity (Wildman–Crippen MR) is 93.4 cm³/mol. The van der Waals surface area contributed by atoms with Crippen LogP contribution >= 0.6 is 27.5 Å². The SMILES string of the molecule is Nc1ccc(Cl)cc1N[C@@H](CCc1ccc(Br)cc1)C(=O)O. The van der Waals surface area contributed by atoms with Gasteiger partial charge in [-0.3, -0.25) is 0 Å². The van der Waals surface area contributed by atoms with Crippen molar-refractivity contribution in [2.24, 2.45) is 0 Å². The number of aryl methyl sites for hydroxylation is 1. The van der Waals surface area contributed by atoms with E-state index in [-0.39, 0.29) is 0 Å². The molecule has 4 N–H and O–H groups in total. The van der Waals surface area contributed by atoms with Gasteiger partial charge in [-0.25, -0.2) is 4.79 Å². The number of carbonyl (C=O) groups is 1. The van der Waals surface area contributed by atoms with Crippen LogP contribution in [0.2, 0.25) is 5.02 Å². The van der Waals surface area contributed by atoms with Crippen molar-refractivity contribution in [3.05, 3.63) is 57.5 Å². The smallest absolute Gasteiger partial charge is 0.326 e. The molecule has 116 valence electrons. The Hall–Kier alpha value is -1.72. The van der Waals surface area contributed by atoms with Crippen LogP contribution < -0.4 is 11.1 Å². The minimum Gasteiger partial charge on any atom is -0.480 e. The van der Waals surface area contributed by atoms with E-state index in [2.05, 4.69) is 21.2 Å². The zero-order chi connectivity index (χ0) is 16.1. The zero-order valence-corrected chi connectivity index (χ0v) is 14.1. The van der Waals surface area contributed by atoms with Crippen LogP contribution in [0.5, 0.6) is 0 Å². The van der Waals surface area contributed by atoms with E-state index in [0.717, 1.165) is 10.0 Å². The third-order valence-corrected chi connectivity index (χ3v) is 4.04. The van der Waals surface area contributed by atoms with E-state index < -0.39 is 12.0 Å². The van der Waals surface area contributed by atoms with E-state index in [4.69, 9.17) is 17.3 Å². The minimum absolute atomic E-state index is 0.447. The maximum absolute atomic E-state index is 11.4. The van der Waals surface area contributed by atoms with E-state index in [1.54, 1.807) is 18.2 Å². The number of aliphatic carboxylic acids is 1. The van der Waals surface area contributed by atoms with Gasteiger partial charge in [-0.15, -0.1) is 0 Å². The summed E-state index contributed by atoms with van der Waals surface area (Å²) in [5.74, 6) is -0.920. The standard InChI is InChI=1S/C16H16BrClN2O2/c17-11-4-1-10(2-5-11)3-8-14(16(21)22)20-15-9-12(18)6-7-13(15)19/h1-2,4-7,9,14,20H,3,8,19H2,(H,21,22)/t14-/m0/s1. The van der Waals surface area contributed by atoms with Crippen molar-refractivity contribution < 1.29 is 9.90 Å². The highest BCUT2D eigenvalue weighted by atomic mass is 79.9. The van der Waals surface area contributed by atoms with E-state index in [0.29, 0.717) is 29.2 Å². The third kappa shape index (κ3) is 4.64. The first-order valence-electron chi connectivity index (χ1n) is 6.74. The summed E-state index contributed by atoms with van der Waals surface area (Å²) < 4.78 is 0.996. The molecule has 0 unspecified atom stereocenters. The summed E-state index contributed by atoms with van der Waals surface area (Å²) in [5.41, 5.74) is 7.93. The molecule has 4 nitrogen and oxygen atoms in total. The molecule has 2 aromatic carbocycles. The fourth-order valence-electron chi connectivity index (χ4n) is 2.06. The van der Waals surface area contributed by atoms with Crippen molar-refractivity contribution >= 4 is 44.9 Å². The van der Waals surface area contributed by atoms with Crippen molar-refractivity contribution in [3.63, 3.8) is 0 Å². The minimum atomic E-state index is -0.920. The number of nitrogens with one attached hydrogen (secondary N) is 1. The van der Waals surface area contributed by atoms with Gasteiger partial charge in [0, 0.05) is 9.50 Å². The normalized spacial score (nSPS) is 11.9. The Labute approximate surface area is 142 Å². The van der Waals surface area contributed by atoms with Gasteiger partial charge in [-0.05, 0) is 48.7 Å². The molecule has 6 heteroatoms. The summed E-state index contributed by atoms with van der Waals surface area (Å²) in [7, 11) is 0. The van der Waals surface area contributed by atoms with Gasteiger partial charge in [0.15, 0.2) is 0 Å². The lowest BCUT2D eigenvalue weighted by molar-refractivity contribution is -0.138. The number of nitrogens with two attached hydrogens (primary N) is 1. The molecule has 2 rings (SSSR count). The molecule has 0 aliphatic rings. The number of anilines is 2. The molecule has 1 atom stereocenters. The summed E-state index contributed by atoms with van der Waals surface area (Å²) in [6, 6.07) is 12.0. The average molecular weight is 384 g/mol. The van der Waals surface area contributed by atoms with Gasteiger partial charge in [0.2, 0.25) is 0 Å². The number of carboxylic acid groups (broad SMARTS) is 1. The summed E-state index contributed by atoms with van der Waals surface area (Å²) in [5, 5.41) is 12.8. The topological polar surface area (TPSA) is 75.3 Å². The number of hydrogen-bond donors (Lipinski definition) is 3. The van der Waals surface area contributed by atoms with Crippen LogP contribution in [0.3, 0.4) is 0 Å². The van der Waals surface area contributed by atoms with Gasteiger partial charge in [0.1, 0.15) is 6.04 Å². The zero-order valence-electron chi connectivity index (χ0n) is 11.7. The lowest BCUT2D eigenvalue weighted by Crippen LogP contribution is -2.30. The molecule has 0 spiro atoms. The van der Waals surface area contributed by atoms with Crippen LogP contribution in [0.1, 0.15) is 12.0 Å². The Kier molecular flexibility index (Phi) is 5.69. The lowest BCUT2D eigenvalue weighted by Gasteiger charge is -2.17. The van der Waals surface area contributed by atoms with Gasteiger partial charge in [0.05, 0.1) is 11.4 Å². The molecule has 0 aliphatic carbocycles.